The van der Waals surface area contributed by atoms with Crippen molar-refractivity contribution in [2.24, 2.45) is 0 Å². The molecule has 2 aromatic carbocycles. The quantitative estimate of drug-likeness (QED) is 0.262. The van der Waals surface area contributed by atoms with E-state index in [0.717, 1.165) is 5.56 Å². The van der Waals surface area contributed by atoms with Gasteiger partial charge in [-0.2, -0.15) is 26.3 Å². The molecule has 0 fully saturated rings. The van der Waals surface area contributed by atoms with E-state index in [2.05, 4.69) is 9.97 Å². The van der Waals surface area contributed by atoms with Crippen LogP contribution in [0.4, 0.5) is 26.3 Å². The lowest BCUT2D eigenvalue weighted by molar-refractivity contribution is -0.143. The van der Waals surface area contributed by atoms with E-state index in [1.54, 1.807) is 12.1 Å². The number of rotatable bonds is 6. The lowest BCUT2D eigenvalue weighted by atomic mass is 10.00. The molecule has 0 radical (unpaired) electrons. The van der Waals surface area contributed by atoms with Crippen molar-refractivity contribution >= 4 is 11.8 Å². The maximum Gasteiger partial charge on any atom is 0.416 e. The third-order valence-corrected chi connectivity index (χ3v) is 5.73. The highest BCUT2D eigenvalue weighted by Crippen LogP contribution is 2.36. The Morgan fingerprint density at radius 3 is 2.03 bits per heavy atom. The van der Waals surface area contributed by atoms with Gasteiger partial charge in [-0.25, -0.2) is 4.98 Å². The van der Waals surface area contributed by atoms with Gasteiger partial charge in [-0.15, -0.1) is 0 Å². The molecular weight excluding hydrogens is 470 g/mol. The predicted molar refractivity (Wildman–Crippen MR) is 111 cm³/mol. The van der Waals surface area contributed by atoms with Crippen molar-refractivity contribution in [2.45, 2.75) is 36.6 Å². The molecule has 1 heterocycles. The highest BCUT2D eigenvalue weighted by atomic mass is 32.2. The van der Waals surface area contributed by atoms with E-state index in [1.807, 2.05) is 12.1 Å². The number of aromatic amines is 1. The summed E-state index contributed by atoms with van der Waals surface area (Å²) in [6.07, 6.45) is -10.3. The van der Waals surface area contributed by atoms with Crippen molar-refractivity contribution in [2.75, 3.05) is 7.11 Å². The summed E-state index contributed by atoms with van der Waals surface area (Å²) >= 11 is 1.18. The van der Waals surface area contributed by atoms with E-state index in [1.165, 1.54) is 25.8 Å². The zero-order chi connectivity index (χ0) is 24.4. The fourth-order valence-electron chi connectivity index (χ4n) is 2.98. The van der Waals surface area contributed by atoms with Gasteiger partial charge in [0.1, 0.15) is 5.75 Å². The standard InChI is InChI=1S/C22H18F6N2O2S/c1-12-18(9-14-7-15(21(23,24)25)10-16(8-14)22(26,27)28)29-20(30-19(12)31)33-11-13-3-5-17(32-2)6-4-13/h3-8,10H,9,11H2,1-2H3,(H,29,30,31). The minimum absolute atomic E-state index is 0.0672. The number of alkyl halides is 6. The number of nitrogens with zero attached hydrogens (tertiary/aromatic N) is 1. The molecule has 176 valence electrons. The van der Waals surface area contributed by atoms with Crippen LogP contribution in [0.1, 0.15) is 33.5 Å². The number of aromatic nitrogens is 2. The summed E-state index contributed by atoms with van der Waals surface area (Å²) < 4.78 is 83.9. The van der Waals surface area contributed by atoms with Gasteiger partial charge in [0.15, 0.2) is 5.16 Å². The van der Waals surface area contributed by atoms with Crippen molar-refractivity contribution in [3.63, 3.8) is 0 Å². The van der Waals surface area contributed by atoms with Crippen LogP contribution in [0, 0.1) is 6.92 Å². The van der Waals surface area contributed by atoms with E-state index < -0.39 is 29.0 Å². The van der Waals surface area contributed by atoms with Crippen molar-refractivity contribution in [3.8, 4) is 5.75 Å². The number of thioether (sulfide) groups is 1. The predicted octanol–water partition coefficient (Wildman–Crippen LogP) is 6.01. The largest absolute Gasteiger partial charge is 0.497 e. The first-order valence-corrected chi connectivity index (χ1v) is 10.5. The second kappa shape index (κ2) is 9.50. The van der Waals surface area contributed by atoms with Gasteiger partial charge in [0.2, 0.25) is 0 Å². The molecule has 3 aromatic rings. The summed E-state index contributed by atoms with van der Waals surface area (Å²) in [5.41, 5.74) is -2.46. The Morgan fingerprint density at radius 2 is 1.52 bits per heavy atom. The Bertz CT molecular complexity index is 1160. The molecule has 0 unspecified atom stereocenters. The first-order chi connectivity index (χ1) is 15.4. The maximum absolute atomic E-state index is 13.1. The summed E-state index contributed by atoms with van der Waals surface area (Å²) in [6, 6.07) is 8.51. The highest BCUT2D eigenvalue weighted by Gasteiger charge is 2.37. The van der Waals surface area contributed by atoms with E-state index in [9.17, 15) is 31.1 Å². The minimum Gasteiger partial charge on any atom is -0.497 e. The molecular formula is C22H18F6N2O2S. The molecule has 0 saturated carbocycles. The molecule has 0 atom stereocenters. The molecule has 0 bridgehead atoms. The summed E-state index contributed by atoms with van der Waals surface area (Å²) in [7, 11) is 1.54. The van der Waals surface area contributed by atoms with Crippen LogP contribution in [0.15, 0.2) is 52.4 Å². The average molecular weight is 488 g/mol. The SMILES string of the molecule is COc1ccc(CSc2nc(Cc3cc(C(F)(F)F)cc(C(F)(F)F)c3)c(C)c(=O)[nH]2)cc1. The van der Waals surface area contributed by atoms with Crippen LogP contribution in [0.2, 0.25) is 0 Å². The third kappa shape index (κ3) is 6.31. The number of hydrogen-bond donors (Lipinski definition) is 1. The third-order valence-electron chi connectivity index (χ3n) is 4.78. The molecule has 0 amide bonds. The number of ether oxygens (including phenoxy) is 1. The summed E-state index contributed by atoms with van der Waals surface area (Å²) in [5, 5.41) is 0.208. The van der Waals surface area contributed by atoms with E-state index in [-0.39, 0.29) is 34.5 Å². The van der Waals surface area contributed by atoms with Crippen LogP contribution in [-0.4, -0.2) is 17.1 Å². The van der Waals surface area contributed by atoms with Gasteiger partial charge in [-0.3, -0.25) is 4.79 Å². The zero-order valence-electron chi connectivity index (χ0n) is 17.4. The lowest BCUT2D eigenvalue weighted by Crippen LogP contribution is -2.17. The zero-order valence-corrected chi connectivity index (χ0v) is 18.2. The van der Waals surface area contributed by atoms with Gasteiger partial charge in [-0.1, -0.05) is 23.9 Å². The molecule has 33 heavy (non-hydrogen) atoms. The second-order valence-electron chi connectivity index (χ2n) is 7.17. The van der Waals surface area contributed by atoms with Crippen LogP contribution in [0.3, 0.4) is 0 Å². The van der Waals surface area contributed by atoms with Gasteiger partial charge in [-0.05, 0) is 48.4 Å². The first kappa shape index (κ1) is 24.7. The molecule has 4 nitrogen and oxygen atoms in total. The maximum atomic E-state index is 13.1. The Hall–Kier alpha value is -2.95. The lowest BCUT2D eigenvalue weighted by Gasteiger charge is -2.15. The van der Waals surface area contributed by atoms with Crippen LogP contribution in [-0.2, 0) is 24.5 Å². The molecule has 0 aliphatic heterocycles. The Kier molecular flexibility index (Phi) is 7.11. The van der Waals surface area contributed by atoms with Gasteiger partial charge in [0.05, 0.1) is 23.9 Å². The van der Waals surface area contributed by atoms with Crippen LogP contribution in [0.5, 0.6) is 5.75 Å². The number of nitrogens with one attached hydrogen (secondary N) is 1. The van der Waals surface area contributed by atoms with Crippen LogP contribution >= 0.6 is 11.8 Å². The molecule has 0 aliphatic rings. The van der Waals surface area contributed by atoms with Crippen molar-refractivity contribution < 1.29 is 31.1 Å². The number of hydrogen-bond acceptors (Lipinski definition) is 4. The Labute approximate surface area is 189 Å². The topological polar surface area (TPSA) is 55.0 Å². The monoisotopic (exact) mass is 488 g/mol. The van der Waals surface area contributed by atoms with Gasteiger partial charge >= 0.3 is 12.4 Å². The molecule has 0 aliphatic carbocycles. The summed E-state index contributed by atoms with van der Waals surface area (Å²) in [5.74, 6) is 1.10. The van der Waals surface area contributed by atoms with Crippen LogP contribution < -0.4 is 10.3 Å². The number of halogens is 6. The highest BCUT2D eigenvalue weighted by molar-refractivity contribution is 7.98. The molecule has 11 heteroatoms. The van der Waals surface area contributed by atoms with Crippen molar-refractivity contribution in [3.05, 3.63) is 86.3 Å². The molecule has 0 spiro atoms. The number of H-pyrrole nitrogens is 1. The van der Waals surface area contributed by atoms with E-state index in [0.29, 0.717) is 23.6 Å². The van der Waals surface area contributed by atoms with Gasteiger partial charge < -0.3 is 9.72 Å². The summed E-state index contributed by atoms with van der Waals surface area (Å²) in [6.45, 7) is 1.41. The molecule has 1 N–H and O–H groups in total. The van der Waals surface area contributed by atoms with Gasteiger partial charge in [0.25, 0.3) is 5.56 Å². The second-order valence-corrected chi connectivity index (χ2v) is 8.13. The van der Waals surface area contributed by atoms with Crippen molar-refractivity contribution in [1.82, 2.24) is 9.97 Å². The van der Waals surface area contributed by atoms with Crippen molar-refractivity contribution in [1.29, 1.82) is 0 Å². The summed E-state index contributed by atoms with van der Waals surface area (Å²) in [4.78, 5) is 19.2. The Morgan fingerprint density at radius 1 is 0.939 bits per heavy atom. The fourth-order valence-corrected chi connectivity index (χ4v) is 3.82. The number of methoxy groups -OCH3 is 1. The smallest absolute Gasteiger partial charge is 0.416 e. The Balaban J connectivity index is 1.90. The van der Waals surface area contributed by atoms with E-state index >= 15 is 0 Å². The van der Waals surface area contributed by atoms with E-state index in [4.69, 9.17) is 4.74 Å². The number of benzene rings is 2. The molecule has 3 rings (SSSR count). The van der Waals surface area contributed by atoms with Gasteiger partial charge in [0, 0.05) is 17.7 Å². The average Bonchev–Trinajstić information content (AvgIpc) is 2.74. The fraction of sp³-hybridized carbons (Fsp3) is 0.273. The van der Waals surface area contributed by atoms with Crippen LogP contribution in [0.25, 0.3) is 0 Å². The normalized spacial score (nSPS) is 12.1. The molecule has 1 aromatic heterocycles. The molecule has 0 saturated heterocycles. The first-order valence-electron chi connectivity index (χ1n) is 9.50. The minimum atomic E-state index is -4.95.